The third-order valence-corrected chi connectivity index (χ3v) is 4.90. The summed E-state index contributed by atoms with van der Waals surface area (Å²) in [7, 11) is 1.63. The van der Waals surface area contributed by atoms with Gasteiger partial charge in [-0.1, -0.05) is 11.6 Å². The molecule has 0 N–H and O–H groups in total. The van der Waals surface area contributed by atoms with E-state index in [1.807, 2.05) is 6.92 Å². The van der Waals surface area contributed by atoms with Crippen LogP contribution in [0.25, 0.3) is 0 Å². The first-order chi connectivity index (χ1) is 11.9. The zero-order valence-corrected chi connectivity index (χ0v) is 15.0. The monoisotopic (exact) mass is 366 g/mol. The SMILES string of the molecule is CCn1c([C@H]2CCCN(C(=O)c3ccc(Cl)c(F)c3)C2)nn(C)c1=O. The summed E-state index contributed by atoms with van der Waals surface area (Å²) in [4.78, 5) is 26.5. The number of carbonyl (C=O) groups excluding carboxylic acids is 1. The van der Waals surface area contributed by atoms with Crippen molar-refractivity contribution in [3.8, 4) is 0 Å². The van der Waals surface area contributed by atoms with E-state index >= 15 is 0 Å². The lowest BCUT2D eigenvalue weighted by atomic mass is 9.96. The Hall–Kier alpha value is -2.15. The molecule has 3 rings (SSSR count). The van der Waals surface area contributed by atoms with Gasteiger partial charge in [0.05, 0.1) is 5.02 Å². The maximum Gasteiger partial charge on any atom is 0.345 e. The average molecular weight is 367 g/mol. The van der Waals surface area contributed by atoms with Crippen molar-refractivity contribution in [2.45, 2.75) is 32.2 Å². The van der Waals surface area contributed by atoms with Gasteiger partial charge in [0.2, 0.25) is 0 Å². The van der Waals surface area contributed by atoms with Crippen molar-refractivity contribution in [3.63, 3.8) is 0 Å². The highest BCUT2D eigenvalue weighted by Gasteiger charge is 2.29. The highest BCUT2D eigenvalue weighted by atomic mass is 35.5. The van der Waals surface area contributed by atoms with Crippen LogP contribution in [0.2, 0.25) is 5.02 Å². The van der Waals surface area contributed by atoms with Gasteiger partial charge < -0.3 is 4.90 Å². The van der Waals surface area contributed by atoms with Crippen LogP contribution in [0.3, 0.4) is 0 Å². The summed E-state index contributed by atoms with van der Waals surface area (Å²) in [6.07, 6.45) is 1.66. The normalized spacial score (nSPS) is 17.8. The minimum atomic E-state index is -0.606. The third-order valence-electron chi connectivity index (χ3n) is 4.59. The van der Waals surface area contributed by atoms with Gasteiger partial charge in [0.25, 0.3) is 5.91 Å². The summed E-state index contributed by atoms with van der Waals surface area (Å²) in [6.45, 7) is 3.49. The number of piperidine rings is 1. The number of rotatable bonds is 3. The van der Waals surface area contributed by atoms with Crippen molar-refractivity contribution < 1.29 is 9.18 Å². The van der Waals surface area contributed by atoms with Crippen LogP contribution in [0, 0.1) is 5.82 Å². The number of benzene rings is 1. The van der Waals surface area contributed by atoms with Crippen molar-refractivity contribution in [1.82, 2.24) is 19.2 Å². The molecule has 6 nitrogen and oxygen atoms in total. The second kappa shape index (κ2) is 7.00. The van der Waals surface area contributed by atoms with E-state index < -0.39 is 5.82 Å². The summed E-state index contributed by atoms with van der Waals surface area (Å²) >= 11 is 5.68. The van der Waals surface area contributed by atoms with E-state index in [2.05, 4.69) is 5.10 Å². The molecule has 1 atom stereocenters. The summed E-state index contributed by atoms with van der Waals surface area (Å²) in [6, 6.07) is 4.08. The molecule has 2 heterocycles. The number of nitrogens with zero attached hydrogens (tertiary/aromatic N) is 4. The van der Waals surface area contributed by atoms with Crippen molar-refractivity contribution >= 4 is 17.5 Å². The van der Waals surface area contributed by atoms with Gasteiger partial charge in [-0.05, 0) is 38.0 Å². The number of carbonyl (C=O) groups is 1. The molecule has 1 amide bonds. The molecule has 1 aliphatic rings. The fourth-order valence-corrected chi connectivity index (χ4v) is 3.42. The number of likely N-dealkylation sites (tertiary alicyclic amines) is 1. The average Bonchev–Trinajstić information content (AvgIpc) is 2.91. The Labute approximate surface area is 149 Å². The Morgan fingerprint density at radius 3 is 2.88 bits per heavy atom. The molecule has 0 aliphatic carbocycles. The smallest absolute Gasteiger partial charge is 0.338 e. The molecule has 0 spiro atoms. The lowest BCUT2D eigenvalue weighted by molar-refractivity contribution is 0.0702. The van der Waals surface area contributed by atoms with Crippen LogP contribution < -0.4 is 5.69 Å². The van der Waals surface area contributed by atoms with Crippen molar-refractivity contribution in [2.75, 3.05) is 13.1 Å². The molecule has 0 saturated carbocycles. The zero-order valence-electron chi connectivity index (χ0n) is 14.2. The van der Waals surface area contributed by atoms with E-state index in [1.54, 1.807) is 16.5 Å². The quantitative estimate of drug-likeness (QED) is 0.838. The predicted molar refractivity (Wildman–Crippen MR) is 92.4 cm³/mol. The molecule has 25 heavy (non-hydrogen) atoms. The topological polar surface area (TPSA) is 60.1 Å². The molecule has 8 heteroatoms. The van der Waals surface area contributed by atoms with Crippen LogP contribution in [0.5, 0.6) is 0 Å². The van der Waals surface area contributed by atoms with Gasteiger partial charge in [-0.2, -0.15) is 5.10 Å². The van der Waals surface area contributed by atoms with Gasteiger partial charge in [0.1, 0.15) is 11.6 Å². The molecule has 0 bridgehead atoms. The summed E-state index contributed by atoms with van der Waals surface area (Å²) in [5, 5.41) is 4.34. The van der Waals surface area contributed by atoms with Gasteiger partial charge >= 0.3 is 5.69 Å². The molecule has 0 unspecified atom stereocenters. The van der Waals surface area contributed by atoms with Crippen molar-refractivity contribution in [1.29, 1.82) is 0 Å². The van der Waals surface area contributed by atoms with Crippen LogP contribution in [0.15, 0.2) is 23.0 Å². The van der Waals surface area contributed by atoms with E-state index in [1.165, 1.54) is 16.8 Å². The number of hydrogen-bond acceptors (Lipinski definition) is 3. The number of halogens is 2. The Morgan fingerprint density at radius 2 is 2.20 bits per heavy atom. The van der Waals surface area contributed by atoms with Gasteiger partial charge in [0.15, 0.2) is 0 Å². The fourth-order valence-electron chi connectivity index (χ4n) is 3.31. The number of amides is 1. The van der Waals surface area contributed by atoms with Crippen LogP contribution in [0.1, 0.15) is 41.9 Å². The zero-order chi connectivity index (χ0) is 18.1. The first-order valence-electron chi connectivity index (χ1n) is 8.30. The third kappa shape index (κ3) is 3.33. The Morgan fingerprint density at radius 1 is 1.44 bits per heavy atom. The van der Waals surface area contributed by atoms with E-state index in [0.29, 0.717) is 25.5 Å². The largest absolute Gasteiger partial charge is 0.345 e. The maximum absolute atomic E-state index is 13.6. The highest BCUT2D eigenvalue weighted by Crippen LogP contribution is 2.26. The van der Waals surface area contributed by atoms with Crippen molar-refractivity contribution in [3.05, 3.63) is 50.9 Å². The van der Waals surface area contributed by atoms with Crippen LogP contribution >= 0.6 is 11.6 Å². The number of aryl methyl sites for hydroxylation is 1. The van der Waals surface area contributed by atoms with Crippen LogP contribution in [-0.4, -0.2) is 38.2 Å². The molecule has 0 radical (unpaired) electrons. The van der Waals surface area contributed by atoms with E-state index in [0.717, 1.165) is 18.9 Å². The van der Waals surface area contributed by atoms with Gasteiger partial charge in [-0.25, -0.2) is 13.9 Å². The molecular weight excluding hydrogens is 347 g/mol. The second-order valence-electron chi connectivity index (χ2n) is 6.23. The Kier molecular flexibility index (Phi) is 4.94. The minimum Gasteiger partial charge on any atom is -0.338 e. The summed E-state index contributed by atoms with van der Waals surface area (Å²) < 4.78 is 16.6. The molecule has 2 aromatic rings. The highest BCUT2D eigenvalue weighted by molar-refractivity contribution is 6.30. The van der Waals surface area contributed by atoms with E-state index in [4.69, 9.17) is 11.6 Å². The van der Waals surface area contributed by atoms with E-state index in [-0.39, 0.29) is 28.1 Å². The molecular formula is C17H20ClFN4O2. The number of aromatic nitrogens is 3. The first kappa shape index (κ1) is 17.7. The molecule has 1 fully saturated rings. The standard InChI is InChI=1S/C17H20ClFN4O2/c1-3-23-15(20-21(2)17(23)25)12-5-4-8-22(10-12)16(24)11-6-7-13(18)14(19)9-11/h6-7,9,12H,3-5,8,10H2,1-2H3/t12-/m0/s1. The maximum atomic E-state index is 13.6. The van der Waals surface area contributed by atoms with Gasteiger partial charge in [-0.3, -0.25) is 9.36 Å². The van der Waals surface area contributed by atoms with Crippen LogP contribution in [0.4, 0.5) is 4.39 Å². The van der Waals surface area contributed by atoms with Crippen LogP contribution in [-0.2, 0) is 13.6 Å². The molecule has 1 aliphatic heterocycles. The number of hydrogen-bond donors (Lipinski definition) is 0. The minimum absolute atomic E-state index is 0.00600. The fraction of sp³-hybridized carbons (Fsp3) is 0.471. The Bertz CT molecular complexity index is 861. The molecule has 1 saturated heterocycles. The lowest BCUT2D eigenvalue weighted by Gasteiger charge is -2.32. The van der Waals surface area contributed by atoms with Gasteiger partial charge in [0, 0.05) is 38.2 Å². The molecule has 1 aromatic carbocycles. The predicted octanol–water partition coefficient (Wildman–Crippen LogP) is 2.41. The first-order valence-corrected chi connectivity index (χ1v) is 8.68. The lowest BCUT2D eigenvalue weighted by Crippen LogP contribution is -2.40. The summed E-state index contributed by atoms with van der Waals surface area (Å²) in [5.74, 6) is -0.147. The van der Waals surface area contributed by atoms with E-state index in [9.17, 15) is 14.0 Å². The molecule has 1 aromatic heterocycles. The Balaban J connectivity index is 1.83. The summed E-state index contributed by atoms with van der Waals surface area (Å²) in [5.41, 5.74) is 0.122. The second-order valence-corrected chi connectivity index (χ2v) is 6.64. The van der Waals surface area contributed by atoms with Crippen molar-refractivity contribution in [2.24, 2.45) is 7.05 Å². The van der Waals surface area contributed by atoms with Gasteiger partial charge in [-0.15, -0.1) is 0 Å². The molecule has 134 valence electrons.